The second-order valence-corrected chi connectivity index (χ2v) is 15.5. The average Bonchev–Trinajstić information content (AvgIpc) is 3.41. The predicted octanol–water partition coefficient (Wildman–Crippen LogP) is 5.92. The first-order valence-electron chi connectivity index (χ1n) is 15.2. The number of hydrogen-bond acceptors (Lipinski definition) is 7. The van der Waals surface area contributed by atoms with Gasteiger partial charge in [-0.05, 0) is 94.4 Å². The maximum Gasteiger partial charge on any atom is 0.311 e. The molecule has 5 aliphatic rings. The number of hydroxylamine groups is 1. The van der Waals surface area contributed by atoms with Crippen LogP contribution in [-0.4, -0.2) is 59.3 Å². The number of anilines is 1. The molecule has 0 aromatic heterocycles. The van der Waals surface area contributed by atoms with E-state index in [1.165, 1.54) is 12.2 Å². The van der Waals surface area contributed by atoms with Crippen LogP contribution in [0.25, 0.3) is 0 Å². The number of alkyl halides is 2. The van der Waals surface area contributed by atoms with E-state index in [-0.39, 0.29) is 25.0 Å². The first-order valence-corrected chi connectivity index (χ1v) is 15.6. The highest BCUT2D eigenvalue weighted by molar-refractivity contribution is 6.30. The van der Waals surface area contributed by atoms with E-state index < -0.39 is 81.2 Å². The SMILES string of the molecule is CC(C)(C)C(=O)OCC(=O)C12ON(c3ccc(Cl)cc3)CC1CC1(C)C3CC(F)C4=CC(=O)C=CC4(C)C3(F)C(O)CC12C. The summed E-state index contributed by atoms with van der Waals surface area (Å²) in [4.78, 5) is 46.1. The summed E-state index contributed by atoms with van der Waals surface area (Å²) in [7, 11) is 0. The van der Waals surface area contributed by atoms with Crippen LogP contribution in [0, 0.1) is 33.5 Å². The number of carbonyl (C=O) groups is 3. The van der Waals surface area contributed by atoms with Gasteiger partial charge in [0.15, 0.2) is 23.7 Å². The molecule has 3 saturated carbocycles. The summed E-state index contributed by atoms with van der Waals surface area (Å²) in [5, 5.41) is 14.0. The summed E-state index contributed by atoms with van der Waals surface area (Å²) in [6.07, 6.45) is 0.476. The minimum absolute atomic E-state index is 0.0400. The average molecular weight is 632 g/mol. The first kappa shape index (κ1) is 31.4. The number of Topliss-reactive ketones (excluding diaryl/α,β-unsaturated/α-hetero) is 1. The van der Waals surface area contributed by atoms with Gasteiger partial charge in [0.1, 0.15) is 6.17 Å². The van der Waals surface area contributed by atoms with Gasteiger partial charge in [-0.2, -0.15) is 0 Å². The van der Waals surface area contributed by atoms with Crippen LogP contribution in [-0.2, 0) is 24.0 Å². The quantitative estimate of drug-likeness (QED) is 0.412. The fourth-order valence-electron chi connectivity index (χ4n) is 9.42. The second-order valence-electron chi connectivity index (χ2n) is 15.0. The number of allylic oxidation sites excluding steroid dienone is 4. The third-order valence-corrected chi connectivity index (χ3v) is 12.1. The van der Waals surface area contributed by atoms with Gasteiger partial charge >= 0.3 is 5.97 Å². The van der Waals surface area contributed by atoms with E-state index in [9.17, 15) is 19.5 Å². The molecule has 1 aliphatic heterocycles. The molecule has 6 rings (SSSR count). The van der Waals surface area contributed by atoms with Crippen LogP contribution in [0.5, 0.6) is 0 Å². The van der Waals surface area contributed by atoms with Crippen LogP contribution in [0.1, 0.15) is 60.8 Å². The standard InChI is InChI=1S/C34H40ClF2NO6/c1-29(2,3)28(42)43-18-27(41)34-19(17-38(44-34)21-9-7-20(35)8-10-21)15-31(5)25-14-24(36)23-13-22(39)11-12-30(23,4)33(25,37)26(40)16-32(31,34)6/h7-13,19,24-26,40H,14-18H2,1-6H3. The second kappa shape index (κ2) is 9.69. The summed E-state index contributed by atoms with van der Waals surface area (Å²) in [6, 6.07) is 6.95. The maximum atomic E-state index is 17.9. The number of rotatable bonds is 4. The zero-order valence-electron chi connectivity index (χ0n) is 26.0. The maximum absolute atomic E-state index is 17.9. The van der Waals surface area contributed by atoms with Crippen molar-refractivity contribution in [1.82, 2.24) is 0 Å². The number of ether oxygens (including phenoxy) is 1. The molecule has 10 heteroatoms. The monoisotopic (exact) mass is 631 g/mol. The largest absolute Gasteiger partial charge is 0.457 e. The van der Waals surface area contributed by atoms with Crippen molar-refractivity contribution in [2.75, 3.05) is 18.2 Å². The molecule has 1 N–H and O–H groups in total. The van der Waals surface area contributed by atoms with Crippen LogP contribution < -0.4 is 5.06 Å². The lowest BCUT2D eigenvalue weighted by atomic mass is 9.39. The minimum Gasteiger partial charge on any atom is -0.457 e. The Labute approximate surface area is 261 Å². The highest BCUT2D eigenvalue weighted by atomic mass is 35.5. The molecule has 238 valence electrons. The number of benzene rings is 1. The van der Waals surface area contributed by atoms with Crippen molar-refractivity contribution in [2.24, 2.45) is 33.5 Å². The summed E-state index contributed by atoms with van der Waals surface area (Å²) < 4.78 is 39.5. The van der Waals surface area contributed by atoms with E-state index >= 15 is 8.78 Å². The molecule has 1 saturated heterocycles. The Morgan fingerprint density at radius 1 is 1.16 bits per heavy atom. The molecule has 44 heavy (non-hydrogen) atoms. The molecule has 0 radical (unpaired) electrons. The van der Waals surface area contributed by atoms with Crippen molar-refractivity contribution >= 4 is 34.8 Å². The molecular weight excluding hydrogens is 592 g/mol. The van der Waals surface area contributed by atoms with Gasteiger partial charge in [0.2, 0.25) is 5.78 Å². The van der Waals surface area contributed by atoms with Crippen LogP contribution in [0.3, 0.4) is 0 Å². The van der Waals surface area contributed by atoms with Gasteiger partial charge < -0.3 is 9.84 Å². The van der Waals surface area contributed by atoms with Crippen molar-refractivity contribution in [2.45, 2.75) is 84.4 Å². The molecule has 1 aromatic rings. The third-order valence-electron chi connectivity index (χ3n) is 11.9. The van der Waals surface area contributed by atoms with E-state index in [1.54, 1.807) is 57.0 Å². The molecule has 1 heterocycles. The van der Waals surface area contributed by atoms with Crippen molar-refractivity contribution in [3.8, 4) is 0 Å². The van der Waals surface area contributed by atoms with Gasteiger partial charge in [-0.25, -0.2) is 8.78 Å². The fourth-order valence-corrected chi connectivity index (χ4v) is 9.55. The number of aliphatic hydroxyl groups is 1. The summed E-state index contributed by atoms with van der Waals surface area (Å²) in [6.45, 7) is 10.0. The Kier molecular flexibility index (Phi) is 6.91. The van der Waals surface area contributed by atoms with Crippen LogP contribution in [0.4, 0.5) is 14.5 Å². The van der Waals surface area contributed by atoms with Crippen molar-refractivity contribution in [1.29, 1.82) is 0 Å². The minimum atomic E-state index is -2.32. The molecule has 7 nitrogen and oxygen atoms in total. The van der Waals surface area contributed by atoms with Crippen molar-refractivity contribution in [3.05, 3.63) is 53.1 Å². The van der Waals surface area contributed by atoms with E-state index in [0.717, 1.165) is 6.08 Å². The number of ketones is 2. The smallest absolute Gasteiger partial charge is 0.311 e. The van der Waals surface area contributed by atoms with E-state index in [1.807, 2.05) is 13.8 Å². The van der Waals surface area contributed by atoms with Gasteiger partial charge in [0, 0.05) is 27.7 Å². The van der Waals surface area contributed by atoms with Gasteiger partial charge in [-0.3, -0.25) is 24.3 Å². The Bertz CT molecular complexity index is 1490. The zero-order chi connectivity index (χ0) is 32.3. The normalized spacial score (nSPS) is 42.6. The Morgan fingerprint density at radius 3 is 2.45 bits per heavy atom. The summed E-state index contributed by atoms with van der Waals surface area (Å²) in [5.41, 5.74) is -7.84. The van der Waals surface area contributed by atoms with Gasteiger partial charge in [0.25, 0.3) is 0 Å². The number of esters is 1. The van der Waals surface area contributed by atoms with Crippen LogP contribution >= 0.6 is 11.6 Å². The van der Waals surface area contributed by atoms with E-state index in [2.05, 4.69) is 0 Å². The third kappa shape index (κ3) is 3.87. The first-order chi connectivity index (χ1) is 20.3. The number of carbonyl (C=O) groups excluding carboxylic acids is 3. The number of aliphatic hydroxyl groups excluding tert-OH is 1. The highest BCUT2D eigenvalue weighted by Gasteiger charge is 2.83. The molecule has 9 atom stereocenters. The van der Waals surface area contributed by atoms with Crippen LogP contribution in [0.2, 0.25) is 5.02 Å². The molecular formula is C34H40ClF2NO6. The lowest BCUT2D eigenvalue weighted by Gasteiger charge is -2.67. The van der Waals surface area contributed by atoms with Gasteiger partial charge in [0.05, 0.1) is 23.8 Å². The molecule has 0 spiro atoms. The summed E-state index contributed by atoms with van der Waals surface area (Å²) in [5.74, 6) is -2.95. The summed E-state index contributed by atoms with van der Waals surface area (Å²) >= 11 is 6.12. The number of fused-ring (bicyclic) bond motifs is 7. The number of halogens is 3. The van der Waals surface area contributed by atoms with Crippen LogP contribution in [0.15, 0.2) is 48.1 Å². The van der Waals surface area contributed by atoms with E-state index in [0.29, 0.717) is 17.1 Å². The van der Waals surface area contributed by atoms with Gasteiger partial charge in [-0.1, -0.05) is 31.5 Å². The fraction of sp³-hybridized carbons (Fsp3) is 0.618. The number of nitrogens with zero attached hydrogens (tertiary/aromatic N) is 1. The Hall–Kier alpha value is -2.62. The molecule has 0 amide bonds. The lowest BCUT2D eigenvalue weighted by Crippen LogP contribution is -2.73. The lowest BCUT2D eigenvalue weighted by molar-refractivity contribution is -0.256. The topological polar surface area (TPSA) is 93.1 Å². The molecule has 9 unspecified atom stereocenters. The van der Waals surface area contributed by atoms with Gasteiger partial charge in [-0.15, -0.1) is 0 Å². The Morgan fingerprint density at radius 2 is 1.82 bits per heavy atom. The highest BCUT2D eigenvalue weighted by Crippen LogP contribution is 2.77. The number of hydrogen-bond donors (Lipinski definition) is 1. The molecule has 0 bridgehead atoms. The zero-order valence-corrected chi connectivity index (χ0v) is 26.7. The predicted molar refractivity (Wildman–Crippen MR) is 160 cm³/mol. The van der Waals surface area contributed by atoms with E-state index in [4.69, 9.17) is 21.2 Å². The Balaban J connectivity index is 1.46. The van der Waals surface area contributed by atoms with Crippen molar-refractivity contribution < 1.29 is 37.8 Å². The molecule has 1 aromatic carbocycles. The van der Waals surface area contributed by atoms with Crippen molar-refractivity contribution in [3.63, 3.8) is 0 Å². The molecule has 4 fully saturated rings. The molecule has 4 aliphatic carbocycles.